The molecule has 0 aliphatic rings. The average Bonchev–Trinajstić information content (AvgIpc) is 2.54. The first-order valence-electron chi connectivity index (χ1n) is 4.90. The summed E-state index contributed by atoms with van der Waals surface area (Å²) < 4.78 is 4.52. The summed E-state index contributed by atoms with van der Waals surface area (Å²) in [5.41, 5.74) is 0. The summed E-state index contributed by atoms with van der Waals surface area (Å²) in [5, 5.41) is 0. The van der Waals surface area contributed by atoms with Gasteiger partial charge >= 0.3 is 0 Å². The molecule has 2 nitrogen and oxygen atoms in total. The minimum Gasteiger partial charge on any atom is -0.237 e. The molecule has 0 atom stereocenters. The SMILES string of the molecule is CCC[n+]1ccn(CCCSC)c1. The van der Waals surface area contributed by atoms with Gasteiger partial charge in [-0.2, -0.15) is 11.8 Å². The zero-order valence-corrected chi connectivity index (χ0v) is 9.39. The van der Waals surface area contributed by atoms with E-state index >= 15 is 0 Å². The largest absolute Gasteiger partial charge is 0.243 e. The summed E-state index contributed by atoms with van der Waals surface area (Å²) in [7, 11) is 0. The maximum absolute atomic E-state index is 2.27. The van der Waals surface area contributed by atoms with Gasteiger partial charge in [-0.1, -0.05) is 6.92 Å². The molecular weight excluding hydrogens is 180 g/mol. The van der Waals surface area contributed by atoms with Gasteiger partial charge in [0, 0.05) is 0 Å². The van der Waals surface area contributed by atoms with E-state index in [0.29, 0.717) is 0 Å². The molecule has 1 rings (SSSR count). The molecule has 0 saturated heterocycles. The van der Waals surface area contributed by atoms with Crippen molar-refractivity contribution in [2.45, 2.75) is 32.9 Å². The lowest BCUT2D eigenvalue weighted by molar-refractivity contribution is -0.696. The Labute approximate surface area is 85.0 Å². The van der Waals surface area contributed by atoms with Gasteiger partial charge in [-0.15, -0.1) is 0 Å². The van der Waals surface area contributed by atoms with Gasteiger partial charge in [-0.3, -0.25) is 0 Å². The van der Waals surface area contributed by atoms with E-state index in [4.69, 9.17) is 0 Å². The van der Waals surface area contributed by atoms with Crippen LogP contribution < -0.4 is 4.57 Å². The van der Waals surface area contributed by atoms with Crippen molar-refractivity contribution in [2.24, 2.45) is 0 Å². The molecule has 1 aromatic heterocycles. The highest BCUT2D eigenvalue weighted by Crippen LogP contribution is 1.97. The van der Waals surface area contributed by atoms with Crippen LogP contribution in [0.25, 0.3) is 0 Å². The van der Waals surface area contributed by atoms with Gasteiger partial charge in [0.25, 0.3) is 0 Å². The van der Waals surface area contributed by atoms with Gasteiger partial charge in [-0.25, -0.2) is 9.13 Å². The van der Waals surface area contributed by atoms with E-state index in [1.165, 1.54) is 18.6 Å². The second-order valence-electron chi connectivity index (χ2n) is 3.24. The fourth-order valence-corrected chi connectivity index (χ4v) is 1.77. The van der Waals surface area contributed by atoms with Gasteiger partial charge in [0.15, 0.2) is 0 Å². The zero-order valence-electron chi connectivity index (χ0n) is 8.57. The third-order valence-electron chi connectivity index (χ3n) is 1.99. The first-order valence-corrected chi connectivity index (χ1v) is 6.30. The molecule has 0 N–H and O–H groups in total. The lowest BCUT2D eigenvalue weighted by Gasteiger charge is -1.94. The Morgan fingerprint density at radius 3 is 3.00 bits per heavy atom. The third kappa shape index (κ3) is 3.85. The first-order chi connectivity index (χ1) is 6.36. The number of hydrogen-bond acceptors (Lipinski definition) is 1. The van der Waals surface area contributed by atoms with E-state index in [1.54, 1.807) is 0 Å². The van der Waals surface area contributed by atoms with Crippen LogP contribution in [-0.2, 0) is 13.1 Å². The molecule has 0 aliphatic carbocycles. The number of imidazole rings is 1. The van der Waals surface area contributed by atoms with E-state index < -0.39 is 0 Å². The Hall–Kier alpha value is -0.440. The molecule has 0 unspecified atom stereocenters. The topological polar surface area (TPSA) is 8.81 Å². The van der Waals surface area contributed by atoms with Crippen LogP contribution in [-0.4, -0.2) is 16.6 Å². The van der Waals surface area contributed by atoms with Crippen LogP contribution >= 0.6 is 11.8 Å². The summed E-state index contributed by atoms with van der Waals surface area (Å²) in [4.78, 5) is 0. The molecule has 3 heteroatoms. The Bertz CT molecular complexity index is 233. The number of rotatable bonds is 6. The molecule has 1 heterocycles. The van der Waals surface area contributed by atoms with Crippen molar-refractivity contribution in [3.05, 3.63) is 18.7 Å². The van der Waals surface area contributed by atoms with Crippen LogP contribution in [0.1, 0.15) is 19.8 Å². The fourth-order valence-electron chi connectivity index (χ4n) is 1.35. The molecule has 74 valence electrons. The Balaban J connectivity index is 2.31. The quantitative estimate of drug-likeness (QED) is 0.502. The van der Waals surface area contributed by atoms with Crippen molar-refractivity contribution in [3.63, 3.8) is 0 Å². The minimum absolute atomic E-state index is 1.13. The lowest BCUT2D eigenvalue weighted by Crippen LogP contribution is -2.30. The molecule has 0 spiro atoms. The van der Waals surface area contributed by atoms with Gasteiger partial charge in [0.05, 0.1) is 13.1 Å². The van der Waals surface area contributed by atoms with Crippen LogP contribution in [0.5, 0.6) is 0 Å². The Morgan fingerprint density at radius 1 is 1.46 bits per heavy atom. The number of hydrogen-bond donors (Lipinski definition) is 0. The smallest absolute Gasteiger partial charge is 0.237 e. The van der Waals surface area contributed by atoms with Crippen LogP contribution in [0, 0.1) is 0 Å². The molecular formula is C10H19N2S+. The highest BCUT2D eigenvalue weighted by atomic mass is 32.2. The third-order valence-corrected chi connectivity index (χ3v) is 2.69. The summed E-state index contributed by atoms with van der Waals surface area (Å²) in [6.07, 6.45) is 11.1. The van der Waals surface area contributed by atoms with Crippen LogP contribution in [0.15, 0.2) is 18.7 Å². The molecule has 0 bridgehead atoms. The number of aromatic nitrogens is 2. The van der Waals surface area contributed by atoms with Crippen LogP contribution in [0.4, 0.5) is 0 Å². The van der Waals surface area contributed by atoms with Gasteiger partial charge in [-0.05, 0) is 24.9 Å². The predicted octanol–water partition coefficient (Wildman–Crippen LogP) is 1.94. The molecule has 0 fully saturated rings. The number of nitrogens with zero attached hydrogens (tertiary/aromatic N) is 2. The fraction of sp³-hybridized carbons (Fsp3) is 0.700. The standard InChI is InChI=1S/C10H19N2S/c1-3-5-11-7-8-12(10-11)6-4-9-13-2/h7-8,10H,3-6,9H2,1-2H3/q+1. The molecule has 0 aromatic carbocycles. The van der Waals surface area contributed by atoms with E-state index in [0.717, 1.165) is 13.1 Å². The molecule has 0 saturated carbocycles. The number of thioether (sulfide) groups is 1. The average molecular weight is 199 g/mol. The van der Waals surface area contributed by atoms with Crippen LogP contribution in [0.3, 0.4) is 0 Å². The van der Waals surface area contributed by atoms with E-state index in [2.05, 4.69) is 41.0 Å². The molecule has 13 heavy (non-hydrogen) atoms. The van der Waals surface area contributed by atoms with Crippen LogP contribution in [0.2, 0.25) is 0 Å². The lowest BCUT2D eigenvalue weighted by atomic mass is 10.5. The zero-order chi connectivity index (χ0) is 9.52. The molecule has 0 aliphatic heterocycles. The van der Waals surface area contributed by atoms with Gasteiger partial charge in [0.2, 0.25) is 6.33 Å². The molecule has 0 radical (unpaired) electrons. The van der Waals surface area contributed by atoms with E-state index in [-0.39, 0.29) is 0 Å². The second-order valence-corrected chi connectivity index (χ2v) is 4.22. The Kier molecular flexibility index (Phi) is 4.98. The van der Waals surface area contributed by atoms with Crippen molar-refractivity contribution in [3.8, 4) is 0 Å². The van der Waals surface area contributed by atoms with Crippen molar-refractivity contribution in [1.82, 2.24) is 4.57 Å². The van der Waals surface area contributed by atoms with E-state index in [9.17, 15) is 0 Å². The van der Waals surface area contributed by atoms with E-state index in [1.807, 2.05) is 11.8 Å². The second kappa shape index (κ2) is 6.08. The van der Waals surface area contributed by atoms with Crippen molar-refractivity contribution >= 4 is 11.8 Å². The summed E-state index contributed by atoms with van der Waals surface area (Å²) in [5.74, 6) is 1.26. The predicted molar refractivity (Wildman–Crippen MR) is 57.9 cm³/mol. The highest BCUT2D eigenvalue weighted by molar-refractivity contribution is 7.98. The molecule has 1 aromatic rings. The maximum atomic E-state index is 2.27. The monoisotopic (exact) mass is 199 g/mol. The van der Waals surface area contributed by atoms with Gasteiger partial charge < -0.3 is 0 Å². The summed E-state index contributed by atoms with van der Waals surface area (Å²) in [6, 6.07) is 0. The minimum atomic E-state index is 1.13. The Morgan fingerprint density at radius 2 is 2.31 bits per heavy atom. The normalized spacial score (nSPS) is 10.6. The first kappa shape index (κ1) is 10.6. The number of aryl methyl sites for hydroxylation is 2. The van der Waals surface area contributed by atoms with Crippen molar-refractivity contribution in [1.29, 1.82) is 0 Å². The highest BCUT2D eigenvalue weighted by Gasteiger charge is 2.01. The van der Waals surface area contributed by atoms with Gasteiger partial charge in [0.1, 0.15) is 12.4 Å². The maximum Gasteiger partial charge on any atom is 0.243 e. The van der Waals surface area contributed by atoms with Crippen molar-refractivity contribution in [2.75, 3.05) is 12.0 Å². The molecule has 0 amide bonds. The van der Waals surface area contributed by atoms with Crippen molar-refractivity contribution < 1.29 is 4.57 Å². The summed E-state index contributed by atoms with van der Waals surface area (Å²) in [6.45, 7) is 4.49. The summed E-state index contributed by atoms with van der Waals surface area (Å²) >= 11 is 1.92.